The maximum atomic E-state index is 13.6. The number of hydrogen-bond donors (Lipinski definition) is 1. The number of carbonyl (C=O) groups is 1. The molecule has 1 aromatic rings. The molecule has 0 amide bonds. The Balaban J connectivity index is 2.81. The van der Waals surface area contributed by atoms with Crippen LogP contribution >= 0.6 is 0 Å². The van der Waals surface area contributed by atoms with Gasteiger partial charge in [0.15, 0.2) is 11.6 Å². The second kappa shape index (κ2) is 6.60. The van der Waals surface area contributed by atoms with Gasteiger partial charge in [-0.05, 0) is 18.6 Å². The molecule has 5 heteroatoms. The third kappa shape index (κ3) is 3.20. The summed E-state index contributed by atoms with van der Waals surface area (Å²) in [6, 6.07) is 2.47. The molecule has 0 spiro atoms. The van der Waals surface area contributed by atoms with Crippen LogP contribution in [0.1, 0.15) is 23.2 Å². The van der Waals surface area contributed by atoms with Crippen molar-refractivity contribution in [3.63, 3.8) is 0 Å². The fraction of sp³-hybridized carbons (Fsp3) is 0.308. The summed E-state index contributed by atoms with van der Waals surface area (Å²) in [4.78, 5) is 11.1. The van der Waals surface area contributed by atoms with Crippen molar-refractivity contribution in [2.24, 2.45) is 0 Å². The van der Waals surface area contributed by atoms with E-state index in [0.29, 0.717) is 19.4 Å². The molecular formula is C13H13F2NO2. The van der Waals surface area contributed by atoms with Crippen molar-refractivity contribution in [2.75, 3.05) is 19.0 Å². The van der Waals surface area contributed by atoms with Gasteiger partial charge in [-0.1, -0.05) is 0 Å². The van der Waals surface area contributed by atoms with Crippen LogP contribution in [-0.2, 0) is 4.74 Å². The van der Waals surface area contributed by atoms with Crippen LogP contribution in [0.25, 0.3) is 0 Å². The zero-order valence-corrected chi connectivity index (χ0v) is 9.93. The number of unbranched alkanes of at least 4 members (excludes halogenated alkanes) is 1. The predicted octanol–water partition coefficient (Wildman–Crippen LogP) is 2.58. The lowest BCUT2D eigenvalue weighted by atomic mass is 10.1. The molecule has 0 heterocycles. The van der Waals surface area contributed by atoms with Gasteiger partial charge in [0, 0.05) is 13.0 Å². The number of ether oxygens (including phenoxy) is 1. The van der Waals surface area contributed by atoms with Crippen molar-refractivity contribution in [1.82, 2.24) is 0 Å². The molecule has 0 aliphatic carbocycles. The molecule has 1 rings (SSSR count). The van der Waals surface area contributed by atoms with Crippen molar-refractivity contribution < 1.29 is 18.3 Å². The van der Waals surface area contributed by atoms with Gasteiger partial charge in [0.1, 0.15) is 0 Å². The van der Waals surface area contributed by atoms with Crippen molar-refractivity contribution in [1.29, 1.82) is 0 Å². The van der Waals surface area contributed by atoms with Crippen molar-refractivity contribution >= 4 is 11.7 Å². The highest BCUT2D eigenvalue weighted by atomic mass is 19.2. The molecule has 1 N–H and O–H groups in total. The van der Waals surface area contributed by atoms with E-state index in [1.165, 1.54) is 12.1 Å². The van der Waals surface area contributed by atoms with Crippen LogP contribution in [0.5, 0.6) is 0 Å². The number of benzene rings is 1. The summed E-state index contributed by atoms with van der Waals surface area (Å²) in [5.74, 6) is -0.786. The summed E-state index contributed by atoms with van der Waals surface area (Å²) in [5, 5.41) is 2.71. The number of nitrogens with one attached hydrogen (secondary N) is 1. The zero-order valence-electron chi connectivity index (χ0n) is 9.93. The normalized spacial score (nSPS) is 9.67. The van der Waals surface area contributed by atoms with Gasteiger partial charge < -0.3 is 10.1 Å². The van der Waals surface area contributed by atoms with Crippen molar-refractivity contribution in [2.45, 2.75) is 12.8 Å². The summed E-state index contributed by atoms with van der Waals surface area (Å²) in [7, 11) is 1.10. The largest absolute Gasteiger partial charge is 0.465 e. The number of rotatable bonds is 5. The van der Waals surface area contributed by atoms with Crippen LogP contribution in [0.2, 0.25) is 0 Å². The minimum atomic E-state index is -1.22. The molecule has 0 saturated heterocycles. The Kier molecular flexibility index (Phi) is 5.12. The number of methoxy groups -OCH3 is 1. The Bertz CT molecular complexity index is 481. The number of anilines is 1. The van der Waals surface area contributed by atoms with Gasteiger partial charge in [-0.25, -0.2) is 13.6 Å². The number of terminal acetylenes is 1. The minimum absolute atomic E-state index is 0.00262. The van der Waals surface area contributed by atoms with Gasteiger partial charge in [-0.2, -0.15) is 0 Å². The molecule has 18 heavy (non-hydrogen) atoms. The number of esters is 1. The summed E-state index contributed by atoms with van der Waals surface area (Å²) in [6.07, 6.45) is 6.27. The van der Waals surface area contributed by atoms with E-state index < -0.39 is 23.2 Å². The van der Waals surface area contributed by atoms with E-state index in [9.17, 15) is 13.6 Å². The lowest BCUT2D eigenvalue weighted by Gasteiger charge is -2.09. The van der Waals surface area contributed by atoms with Crippen molar-refractivity contribution in [3.8, 4) is 12.3 Å². The summed E-state index contributed by atoms with van der Waals surface area (Å²) in [6.45, 7) is 0.429. The molecular weight excluding hydrogens is 240 g/mol. The fourth-order valence-corrected chi connectivity index (χ4v) is 1.37. The molecule has 0 saturated carbocycles. The molecule has 0 bridgehead atoms. The SMILES string of the molecule is C#CCCCNc1ccc(C(=O)OC)c(F)c1F. The molecule has 0 atom stereocenters. The van der Waals surface area contributed by atoms with Gasteiger partial charge in [0.05, 0.1) is 18.4 Å². The predicted molar refractivity (Wildman–Crippen MR) is 64.3 cm³/mol. The van der Waals surface area contributed by atoms with Crippen LogP contribution in [-0.4, -0.2) is 19.6 Å². The lowest BCUT2D eigenvalue weighted by molar-refractivity contribution is 0.0594. The van der Waals surface area contributed by atoms with Crippen LogP contribution < -0.4 is 5.32 Å². The summed E-state index contributed by atoms with van der Waals surface area (Å²) < 4.78 is 31.4. The molecule has 1 aromatic carbocycles. The van der Waals surface area contributed by atoms with Gasteiger partial charge >= 0.3 is 5.97 Å². The van der Waals surface area contributed by atoms with E-state index in [-0.39, 0.29) is 5.69 Å². The van der Waals surface area contributed by atoms with E-state index >= 15 is 0 Å². The summed E-state index contributed by atoms with van der Waals surface area (Å²) >= 11 is 0. The average Bonchev–Trinajstić information content (AvgIpc) is 2.38. The smallest absolute Gasteiger partial charge is 0.340 e. The second-order valence-electron chi connectivity index (χ2n) is 3.51. The number of hydrogen-bond acceptors (Lipinski definition) is 3. The Labute approximate surface area is 104 Å². The molecule has 0 unspecified atom stereocenters. The molecule has 0 fully saturated rings. The van der Waals surface area contributed by atoms with E-state index in [4.69, 9.17) is 6.42 Å². The quantitative estimate of drug-likeness (QED) is 0.498. The van der Waals surface area contributed by atoms with Crippen molar-refractivity contribution in [3.05, 3.63) is 29.3 Å². The first-order chi connectivity index (χ1) is 8.61. The van der Waals surface area contributed by atoms with Crippen LogP contribution in [0.3, 0.4) is 0 Å². The van der Waals surface area contributed by atoms with Gasteiger partial charge in [-0.15, -0.1) is 12.3 Å². The van der Waals surface area contributed by atoms with Crippen LogP contribution in [0.15, 0.2) is 12.1 Å². The maximum absolute atomic E-state index is 13.6. The Morgan fingerprint density at radius 3 is 2.78 bits per heavy atom. The first-order valence-corrected chi connectivity index (χ1v) is 5.35. The molecule has 0 aliphatic heterocycles. The lowest BCUT2D eigenvalue weighted by Crippen LogP contribution is -2.09. The minimum Gasteiger partial charge on any atom is -0.465 e. The first-order valence-electron chi connectivity index (χ1n) is 5.35. The highest BCUT2D eigenvalue weighted by Gasteiger charge is 2.18. The first kappa shape index (κ1) is 14.0. The topological polar surface area (TPSA) is 38.3 Å². The number of halogens is 2. The fourth-order valence-electron chi connectivity index (χ4n) is 1.37. The standard InChI is InChI=1S/C13H13F2NO2/c1-3-4-5-8-16-10-7-6-9(13(17)18-2)11(14)12(10)15/h1,6-7,16H,4-5,8H2,2H3. The van der Waals surface area contributed by atoms with Gasteiger partial charge in [-0.3, -0.25) is 0 Å². The molecule has 0 aromatic heterocycles. The van der Waals surface area contributed by atoms with E-state index in [1.807, 2.05) is 0 Å². The van der Waals surface area contributed by atoms with Gasteiger partial charge in [0.25, 0.3) is 0 Å². The van der Waals surface area contributed by atoms with E-state index in [0.717, 1.165) is 7.11 Å². The third-order valence-corrected chi connectivity index (χ3v) is 2.30. The number of carbonyl (C=O) groups excluding carboxylic acids is 1. The highest BCUT2D eigenvalue weighted by Crippen LogP contribution is 2.21. The molecule has 3 nitrogen and oxygen atoms in total. The summed E-state index contributed by atoms with van der Waals surface area (Å²) in [5.41, 5.74) is -0.429. The van der Waals surface area contributed by atoms with Crippen LogP contribution in [0, 0.1) is 24.0 Å². The second-order valence-corrected chi connectivity index (χ2v) is 3.51. The average molecular weight is 253 g/mol. The van der Waals surface area contributed by atoms with Crippen LogP contribution in [0.4, 0.5) is 14.5 Å². The highest BCUT2D eigenvalue weighted by molar-refractivity contribution is 5.90. The molecule has 0 radical (unpaired) electrons. The maximum Gasteiger partial charge on any atom is 0.340 e. The van der Waals surface area contributed by atoms with Gasteiger partial charge in [0.2, 0.25) is 0 Å². The molecule has 96 valence electrons. The Morgan fingerprint density at radius 1 is 1.44 bits per heavy atom. The third-order valence-electron chi connectivity index (χ3n) is 2.30. The van der Waals surface area contributed by atoms with E-state index in [1.54, 1.807) is 0 Å². The van der Waals surface area contributed by atoms with E-state index in [2.05, 4.69) is 16.0 Å². The zero-order chi connectivity index (χ0) is 13.5. The monoisotopic (exact) mass is 253 g/mol. The Morgan fingerprint density at radius 2 is 2.17 bits per heavy atom. The Hall–Kier alpha value is -2.09. The molecule has 0 aliphatic rings.